The number of benzene rings is 1. The number of nitrogens with zero attached hydrogens (tertiary/aromatic N) is 1. The lowest BCUT2D eigenvalue weighted by atomic mass is 9.82. The molecule has 1 saturated carbocycles. The van der Waals surface area contributed by atoms with Crippen molar-refractivity contribution in [1.29, 1.82) is 0 Å². The van der Waals surface area contributed by atoms with Crippen molar-refractivity contribution in [3.8, 4) is 0 Å². The molecule has 2 N–H and O–H groups in total. The topological polar surface area (TPSA) is 63.4 Å². The van der Waals surface area contributed by atoms with E-state index >= 15 is 0 Å². The fourth-order valence-electron chi connectivity index (χ4n) is 3.25. The summed E-state index contributed by atoms with van der Waals surface area (Å²) in [5, 5.41) is 0. The molecule has 0 aliphatic heterocycles. The highest BCUT2D eigenvalue weighted by Gasteiger charge is 2.34. The zero-order chi connectivity index (χ0) is 16.3. The van der Waals surface area contributed by atoms with Crippen LogP contribution in [-0.4, -0.2) is 44.2 Å². The molecule has 0 radical (unpaired) electrons. The maximum Gasteiger partial charge on any atom is 0.178 e. The molecule has 124 valence electrons. The van der Waals surface area contributed by atoms with Crippen molar-refractivity contribution in [1.82, 2.24) is 4.90 Å². The van der Waals surface area contributed by atoms with Crippen molar-refractivity contribution in [3.63, 3.8) is 0 Å². The van der Waals surface area contributed by atoms with Crippen LogP contribution in [0.3, 0.4) is 0 Å². The van der Waals surface area contributed by atoms with Crippen LogP contribution in [0.5, 0.6) is 0 Å². The molecule has 1 aliphatic rings. The summed E-state index contributed by atoms with van der Waals surface area (Å²) in [5.74, 6) is 0.186. The van der Waals surface area contributed by atoms with Gasteiger partial charge in [0.1, 0.15) is 0 Å². The third-order valence-electron chi connectivity index (χ3n) is 4.94. The first-order chi connectivity index (χ1) is 10.3. The zero-order valence-corrected chi connectivity index (χ0v) is 14.6. The molecule has 2 rings (SSSR count). The fraction of sp³-hybridized carbons (Fsp3) is 0.647. The van der Waals surface area contributed by atoms with Gasteiger partial charge in [0, 0.05) is 18.1 Å². The van der Waals surface area contributed by atoms with Gasteiger partial charge in [0.05, 0.1) is 10.6 Å². The molecule has 0 amide bonds. The Kier molecular flexibility index (Phi) is 5.64. The van der Waals surface area contributed by atoms with Gasteiger partial charge in [-0.3, -0.25) is 0 Å². The first-order valence-corrected chi connectivity index (χ1v) is 9.72. The second kappa shape index (κ2) is 7.11. The number of hydrogen-bond acceptors (Lipinski definition) is 4. The molecule has 0 aromatic heterocycles. The minimum atomic E-state index is -3.26. The van der Waals surface area contributed by atoms with Gasteiger partial charge in [-0.15, -0.1) is 0 Å². The molecule has 3 atom stereocenters. The van der Waals surface area contributed by atoms with E-state index in [1.54, 1.807) is 24.3 Å². The van der Waals surface area contributed by atoms with E-state index in [1.807, 2.05) is 6.07 Å². The standard InChI is InChI=1S/C17H28N2O2S/c1-13(2)19(3)15-9-10-17(18)14(11-15)12-22(20,21)16-7-5-4-6-8-16/h4-8,13-15,17H,9-12,18H2,1-3H3. The highest BCUT2D eigenvalue weighted by Crippen LogP contribution is 2.30. The van der Waals surface area contributed by atoms with E-state index in [-0.39, 0.29) is 17.7 Å². The highest BCUT2D eigenvalue weighted by atomic mass is 32.2. The van der Waals surface area contributed by atoms with Gasteiger partial charge in [0.2, 0.25) is 0 Å². The van der Waals surface area contributed by atoms with Crippen LogP contribution < -0.4 is 5.73 Å². The van der Waals surface area contributed by atoms with Crippen LogP contribution in [0.2, 0.25) is 0 Å². The van der Waals surface area contributed by atoms with Crippen LogP contribution in [0.1, 0.15) is 33.1 Å². The zero-order valence-electron chi connectivity index (χ0n) is 13.8. The molecule has 0 saturated heterocycles. The smallest absolute Gasteiger partial charge is 0.178 e. The van der Waals surface area contributed by atoms with E-state index in [1.165, 1.54) is 0 Å². The third-order valence-corrected chi connectivity index (χ3v) is 6.80. The Morgan fingerprint density at radius 1 is 1.23 bits per heavy atom. The van der Waals surface area contributed by atoms with Gasteiger partial charge < -0.3 is 10.6 Å². The Bertz CT molecular complexity index is 572. The van der Waals surface area contributed by atoms with Crippen LogP contribution >= 0.6 is 0 Å². The largest absolute Gasteiger partial charge is 0.327 e. The van der Waals surface area contributed by atoms with Crippen molar-refractivity contribution < 1.29 is 8.42 Å². The van der Waals surface area contributed by atoms with Crippen molar-refractivity contribution >= 4 is 9.84 Å². The Morgan fingerprint density at radius 2 is 1.86 bits per heavy atom. The van der Waals surface area contributed by atoms with E-state index in [2.05, 4.69) is 25.8 Å². The Hall–Kier alpha value is -0.910. The van der Waals surface area contributed by atoms with E-state index in [0.29, 0.717) is 17.0 Å². The third kappa shape index (κ3) is 4.09. The molecule has 5 heteroatoms. The van der Waals surface area contributed by atoms with Gasteiger partial charge in [0.25, 0.3) is 0 Å². The van der Waals surface area contributed by atoms with Gasteiger partial charge in [-0.25, -0.2) is 8.42 Å². The summed E-state index contributed by atoms with van der Waals surface area (Å²) >= 11 is 0. The van der Waals surface area contributed by atoms with Crippen molar-refractivity contribution in [3.05, 3.63) is 30.3 Å². The minimum Gasteiger partial charge on any atom is -0.327 e. The summed E-state index contributed by atoms with van der Waals surface area (Å²) in [4.78, 5) is 2.75. The molecule has 22 heavy (non-hydrogen) atoms. The molecule has 1 aromatic rings. The highest BCUT2D eigenvalue weighted by molar-refractivity contribution is 7.91. The Morgan fingerprint density at radius 3 is 2.45 bits per heavy atom. The lowest BCUT2D eigenvalue weighted by Crippen LogP contribution is -2.48. The molecule has 3 unspecified atom stereocenters. The van der Waals surface area contributed by atoms with Gasteiger partial charge in [-0.05, 0) is 58.2 Å². The molecule has 0 heterocycles. The first-order valence-electron chi connectivity index (χ1n) is 8.06. The lowest BCUT2D eigenvalue weighted by Gasteiger charge is -2.40. The summed E-state index contributed by atoms with van der Waals surface area (Å²) in [7, 11) is -1.14. The Balaban J connectivity index is 2.10. The van der Waals surface area contributed by atoms with Gasteiger partial charge in [-0.1, -0.05) is 18.2 Å². The van der Waals surface area contributed by atoms with Crippen LogP contribution in [0.4, 0.5) is 0 Å². The second-order valence-corrected chi connectivity index (χ2v) is 8.78. The number of rotatable bonds is 5. The van der Waals surface area contributed by atoms with Crippen LogP contribution in [0.25, 0.3) is 0 Å². The predicted octanol–water partition coefficient (Wildman–Crippen LogP) is 2.30. The quantitative estimate of drug-likeness (QED) is 0.902. The average molecular weight is 324 g/mol. The summed E-state index contributed by atoms with van der Waals surface area (Å²) < 4.78 is 25.2. The second-order valence-electron chi connectivity index (χ2n) is 6.74. The molecule has 1 aliphatic carbocycles. The van der Waals surface area contributed by atoms with Gasteiger partial charge in [-0.2, -0.15) is 0 Å². The molecule has 1 aromatic carbocycles. The van der Waals surface area contributed by atoms with E-state index in [4.69, 9.17) is 5.73 Å². The number of sulfone groups is 1. The van der Waals surface area contributed by atoms with Crippen LogP contribution in [0.15, 0.2) is 35.2 Å². The molecule has 0 spiro atoms. The molecular formula is C17H28N2O2S. The summed E-state index contributed by atoms with van der Waals surface area (Å²) in [6, 6.07) is 9.57. The number of nitrogens with two attached hydrogens (primary N) is 1. The monoisotopic (exact) mass is 324 g/mol. The van der Waals surface area contributed by atoms with Gasteiger partial charge in [0.15, 0.2) is 9.84 Å². The van der Waals surface area contributed by atoms with Crippen LogP contribution in [0, 0.1) is 5.92 Å². The Labute approximate surface area is 134 Å². The summed E-state index contributed by atoms with van der Waals surface area (Å²) in [5.41, 5.74) is 6.22. The number of hydrogen-bond donors (Lipinski definition) is 1. The molecular weight excluding hydrogens is 296 g/mol. The fourth-order valence-corrected chi connectivity index (χ4v) is 4.96. The van der Waals surface area contributed by atoms with E-state index in [9.17, 15) is 8.42 Å². The molecule has 1 fully saturated rings. The lowest BCUT2D eigenvalue weighted by molar-refractivity contribution is 0.124. The molecule has 0 bridgehead atoms. The van der Waals surface area contributed by atoms with E-state index < -0.39 is 9.84 Å². The first kappa shape index (κ1) is 17.4. The SMILES string of the molecule is CC(C)N(C)C1CCC(N)C(CS(=O)(=O)c2ccccc2)C1. The normalized spacial score (nSPS) is 26.5. The maximum absolute atomic E-state index is 12.6. The molecule has 4 nitrogen and oxygen atoms in total. The summed E-state index contributed by atoms with van der Waals surface area (Å²) in [6.07, 6.45) is 2.82. The minimum absolute atomic E-state index is 0.0182. The van der Waals surface area contributed by atoms with Crippen LogP contribution in [-0.2, 0) is 9.84 Å². The predicted molar refractivity (Wildman–Crippen MR) is 90.5 cm³/mol. The van der Waals surface area contributed by atoms with Crippen molar-refractivity contribution in [2.75, 3.05) is 12.8 Å². The van der Waals surface area contributed by atoms with E-state index in [0.717, 1.165) is 19.3 Å². The maximum atomic E-state index is 12.6. The summed E-state index contributed by atoms with van der Waals surface area (Å²) in [6.45, 7) is 4.34. The van der Waals surface area contributed by atoms with Gasteiger partial charge >= 0.3 is 0 Å². The van der Waals surface area contributed by atoms with Crippen molar-refractivity contribution in [2.24, 2.45) is 11.7 Å². The average Bonchev–Trinajstić information content (AvgIpc) is 2.49. The van der Waals surface area contributed by atoms with Crippen molar-refractivity contribution in [2.45, 2.75) is 56.1 Å².